The Balaban J connectivity index is 1.71. The van der Waals surface area contributed by atoms with E-state index in [9.17, 15) is 0 Å². The predicted molar refractivity (Wildman–Crippen MR) is 147 cm³/mol. The van der Waals surface area contributed by atoms with Crippen LogP contribution in [-0.2, 0) is 17.9 Å². The van der Waals surface area contributed by atoms with E-state index in [1.165, 1.54) is 0 Å². The van der Waals surface area contributed by atoms with Crippen LogP contribution < -0.4 is 0 Å². The molecule has 4 aromatic rings. The number of aromatic nitrogens is 3. The van der Waals surface area contributed by atoms with Crippen molar-refractivity contribution in [2.75, 3.05) is 6.61 Å². The van der Waals surface area contributed by atoms with Gasteiger partial charge in [-0.15, -0.1) is 0 Å². The monoisotopic (exact) mass is 489 g/mol. The number of halogens is 1. The number of aryl methyl sites for hydroxylation is 1. The minimum Gasteiger partial charge on any atom is -0.360 e. The van der Waals surface area contributed by atoms with Gasteiger partial charge in [-0.3, -0.25) is 4.98 Å². The van der Waals surface area contributed by atoms with Crippen LogP contribution >= 0.6 is 11.6 Å². The Morgan fingerprint density at radius 2 is 1.82 bits per heavy atom. The quantitative estimate of drug-likeness (QED) is 0.178. The summed E-state index contributed by atoms with van der Waals surface area (Å²) >= 11 is 6.71. The van der Waals surface area contributed by atoms with Crippen LogP contribution in [0.15, 0.2) is 60.9 Å². The van der Waals surface area contributed by atoms with Crippen molar-refractivity contribution >= 4 is 42.7 Å². The van der Waals surface area contributed by atoms with Crippen LogP contribution in [0.25, 0.3) is 34.2 Å². The summed E-state index contributed by atoms with van der Waals surface area (Å²) in [5.74, 6) is 0. The molecule has 6 heteroatoms. The van der Waals surface area contributed by atoms with Gasteiger partial charge in [-0.2, -0.15) is 5.10 Å². The Morgan fingerprint density at radius 3 is 2.56 bits per heavy atom. The minimum absolute atomic E-state index is 0.438. The second-order valence-corrected chi connectivity index (χ2v) is 15.7. The molecule has 0 unspecified atom stereocenters. The second kappa shape index (κ2) is 10.7. The average molecular weight is 490 g/mol. The van der Waals surface area contributed by atoms with Crippen LogP contribution in [0, 0.1) is 0 Å². The maximum absolute atomic E-state index is 6.71. The Labute approximate surface area is 208 Å². The molecule has 0 atom stereocenters. The number of ether oxygens (including phenoxy) is 1. The highest BCUT2D eigenvalue weighted by Gasteiger charge is 2.15. The summed E-state index contributed by atoms with van der Waals surface area (Å²) in [6, 6.07) is 17.8. The van der Waals surface area contributed by atoms with E-state index < -0.39 is 8.07 Å². The molecule has 0 aliphatic carbocycles. The van der Waals surface area contributed by atoms with E-state index in [1.54, 1.807) is 0 Å². The molecule has 0 aliphatic heterocycles. The third-order valence-electron chi connectivity index (χ3n) is 5.87. The Kier molecular flexibility index (Phi) is 7.66. The molecule has 0 bridgehead atoms. The molecule has 0 radical (unpaired) electrons. The van der Waals surface area contributed by atoms with E-state index in [-0.39, 0.29) is 0 Å². The third kappa shape index (κ3) is 5.84. The number of pyridine rings is 1. The Morgan fingerprint density at radius 1 is 1.03 bits per heavy atom. The second-order valence-electron chi connectivity index (χ2n) is 9.72. The summed E-state index contributed by atoms with van der Waals surface area (Å²) in [5, 5.41) is 6.73. The van der Waals surface area contributed by atoms with Crippen molar-refractivity contribution in [1.29, 1.82) is 0 Å². The summed E-state index contributed by atoms with van der Waals surface area (Å²) in [7, 11) is -1.14. The van der Waals surface area contributed by atoms with Crippen molar-refractivity contribution in [1.82, 2.24) is 14.8 Å². The van der Waals surface area contributed by atoms with Gasteiger partial charge in [0.15, 0.2) is 0 Å². The normalized spacial score (nSPS) is 12.1. The first-order chi connectivity index (χ1) is 16.4. The van der Waals surface area contributed by atoms with E-state index in [2.05, 4.69) is 74.0 Å². The number of fused-ring (bicyclic) bond motifs is 1. The smallest absolute Gasteiger partial charge is 0.140 e. The average Bonchev–Trinajstić information content (AvgIpc) is 3.17. The summed E-state index contributed by atoms with van der Waals surface area (Å²) in [4.78, 5) is 4.41. The molecule has 2 aromatic carbocycles. The number of rotatable bonds is 9. The predicted octanol–water partition coefficient (Wildman–Crippen LogP) is 7.80. The highest BCUT2D eigenvalue weighted by molar-refractivity contribution is 6.76. The van der Waals surface area contributed by atoms with Gasteiger partial charge in [0.25, 0.3) is 0 Å². The lowest BCUT2D eigenvalue weighted by Gasteiger charge is -2.15. The van der Waals surface area contributed by atoms with E-state index in [4.69, 9.17) is 21.4 Å². The van der Waals surface area contributed by atoms with Gasteiger partial charge >= 0.3 is 0 Å². The molecule has 0 spiro atoms. The minimum atomic E-state index is -1.14. The van der Waals surface area contributed by atoms with Crippen molar-refractivity contribution in [3.05, 3.63) is 82.8 Å². The zero-order valence-electron chi connectivity index (χ0n) is 20.4. The molecule has 4 rings (SSSR count). The van der Waals surface area contributed by atoms with E-state index >= 15 is 0 Å². The molecular formula is C28H32ClN3OSi. The van der Waals surface area contributed by atoms with Crippen LogP contribution in [-0.4, -0.2) is 29.4 Å². The van der Waals surface area contributed by atoms with Crippen molar-refractivity contribution < 1.29 is 4.74 Å². The lowest BCUT2D eigenvalue weighted by atomic mass is 10.0. The van der Waals surface area contributed by atoms with Gasteiger partial charge in [0, 0.05) is 38.0 Å². The first-order valence-corrected chi connectivity index (χ1v) is 15.9. The van der Waals surface area contributed by atoms with E-state index in [0.29, 0.717) is 6.73 Å². The fraction of sp³-hybridized carbons (Fsp3) is 0.286. The first-order valence-electron chi connectivity index (χ1n) is 11.8. The van der Waals surface area contributed by atoms with Gasteiger partial charge in [0.05, 0.1) is 16.2 Å². The van der Waals surface area contributed by atoms with Crippen LogP contribution in [0.2, 0.25) is 30.7 Å². The van der Waals surface area contributed by atoms with Gasteiger partial charge in [0.2, 0.25) is 0 Å². The standard InChI is InChI=1S/C28H32ClN3OSi/c1-5-22-18-30-19-25(28(22)29)23-12-14-27-24(17-23)26(13-11-21-9-7-6-8-10-21)31-32(27)20-33-15-16-34(2,3)4/h6-14,17-19H,5,15-16,20H2,1-4H3. The SMILES string of the molecule is CCc1cncc(-c2ccc3c(c2)c(C=Cc2ccccc2)nn3COCC[Si](C)(C)C)c1Cl. The van der Waals surface area contributed by atoms with Crippen LogP contribution in [0.3, 0.4) is 0 Å². The molecule has 34 heavy (non-hydrogen) atoms. The largest absolute Gasteiger partial charge is 0.360 e. The lowest BCUT2D eigenvalue weighted by Crippen LogP contribution is -2.22. The van der Waals surface area contributed by atoms with Gasteiger partial charge in [0.1, 0.15) is 6.73 Å². The fourth-order valence-corrected chi connectivity index (χ4v) is 4.89. The molecule has 0 N–H and O–H groups in total. The fourth-order valence-electron chi connectivity index (χ4n) is 3.80. The van der Waals surface area contributed by atoms with Gasteiger partial charge in [-0.05, 0) is 47.4 Å². The lowest BCUT2D eigenvalue weighted by molar-refractivity contribution is 0.0816. The number of nitrogens with zero attached hydrogens (tertiary/aromatic N) is 3. The zero-order valence-corrected chi connectivity index (χ0v) is 22.1. The summed E-state index contributed by atoms with van der Waals surface area (Å²) < 4.78 is 7.98. The molecule has 0 amide bonds. The summed E-state index contributed by atoms with van der Waals surface area (Å²) in [5.41, 5.74) is 6.12. The third-order valence-corrected chi connectivity index (χ3v) is 8.02. The molecule has 0 aliphatic rings. The number of benzene rings is 2. The summed E-state index contributed by atoms with van der Waals surface area (Å²) in [6.07, 6.45) is 8.69. The van der Waals surface area contributed by atoms with Crippen molar-refractivity contribution in [2.24, 2.45) is 0 Å². The zero-order chi connectivity index (χ0) is 24.1. The maximum Gasteiger partial charge on any atom is 0.140 e. The molecule has 0 saturated carbocycles. The van der Waals surface area contributed by atoms with Gasteiger partial charge < -0.3 is 4.74 Å². The Hall–Kier alpha value is -2.73. The maximum atomic E-state index is 6.71. The molecule has 2 heterocycles. The summed E-state index contributed by atoms with van der Waals surface area (Å²) in [6.45, 7) is 10.4. The highest BCUT2D eigenvalue weighted by Crippen LogP contribution is 2.33. The highest BCUT2D eigenvalue weighted by atomic mass is 35.5. The molecule has 176 valence electrons. The van der Waals surface area contributed by atoms with E-state index in [1.807, 2.05) is 35.3 Å². The van der Waals surface area contributed by atoms with E-state index in [0.717, 1.165) is 62.9 Å². The van der Waals surface area contributed by atoms with Crippen LogP contribution in [0.1, 0.15) is 23.7 Å². The number of hydrogen-bond donors (Lipinski definition) is 0. The topological polar surface area (TPSA) is 39.9 Å². The first kappa shape index (κ1) is 24.4. The van der Waals surface area contributed by atoms with Gasteiger partial charge in [-0.25, -0.2) is 4.68 Å². The molecule has 2 aromatic heterocycles. The molecule has 4 nitrogen and oxygen atoms in total. The molecule has 0 saturated heterocycles. The van der Waals surface area contributed by atoms with Crippen LogP contribution in [0.5, 0.6) is 0 Å². The van der Waals surface area contributed by atoms with Crippen molar-refractivity contribution in [3.63, 3.8) is 0 Å². The van der Waals surface area contributed by atoms with Crippen molar-refractivity contribution in [2.45, 2.75) is 45.8 Å². The number of hydrogen-bond acceptors (Lipinski definition) is 3. The molecular weight excluding hydrogens is 458 g/mol. The van der Waals surface area contributed by atoms with Crippen LogP contribution in [0.4, 0.5) is 0 Å². The van der Waals surface area contributed by atoms with Gasteiger partial charge in [-0.1, -0.05) is 80.6 Å². The van der Waals surface area contributed by atoms with Crippen molar-refractivity contribution in [3.8, 4) is 11.1 Å². The Bertz CT molecular complexity index is 1290. The molecule has 0 fully saturated rings.